The van der Waals surface area contributed by atoms with Gasteiger partial charge in [-0.1, -0.05) is 6.92 Å². The van der Waals surface area contributed by atoms with E-state index in [1.165, 1.54) is 0 Å². The molecule has 16 heavy (non-hydrogen) atoms. The molecule has 1 aliphatic rings. The van der Waals surface area contributed by atoms with Crippen molar-refractivity contribution in [2.24, 2.45) is 5.92 Å². The van der Waals surface area contributed by atoms with Crippen LogP contribution in [0.2, 0.25) is 0 Å². The number of hydrogen-bond acceptors (Lipinski definition) is 4. The van der Waals surface area contributed by atoms with Gasteiger partial charge in [0.15, 0.2) is 0 Å². The number of aromatic nitrogens is 3. The first-order chi connectivity index (χ1) is 7.59. The van der Waals surface area contributed by atoms with Crippen LogP contribution in [0.15, 0.2) is 6.33 Å². The lowest BCUT2D eigenvalue weighted by molar-refractivity contribution is -0.143. The highest BCUT2D eigenvalue weighted by Gasteiger charge is 2.28. The molecule has 1 N–H and O–H groups in total. The summed E-state index contributed by atoms with van der Waals surface area (Å²) in [5.41, 5.74) is 0. The molecule has 1 aromatic heterocycles. The third-order valence-corrected chi connectivity index (χ3v) is 3.36. The molecule has 0 spiro atoms. The number of carboxylic acid groups (broad SMARTS) is 1. The van der Waals surface area contributed by atoms with Crippen LogP contribution in [0, 0.1) is 5.92 Å². The number of nitrogens with zero attached hydrogens (tertiary/aromatic N) is 4. The molecule has 2 unspecified atom stereocenters. The lowest BCUT2D eigenvalue weighted by atomic mass is 10.0. The number of carboxylic acids is 1. The van der Waals surface area contributed by atoms with Crippen molar-refractivity contribution in [3.05, 3.63) is 12.2 Å². The van der Waals surface area contributed by atoms with Crippen molar-refractivity contribution in [3.63, 3.8) is 0 Å². The van der Waals surface area contributed by atoms with E-state index in [-0.39, 0.29) is 12.0 Å². The molecule has 1 aliphatic heterocycles. The molecule has 2 heterocycles. The molecule has 0 saturated heterocycles. The van der Waals surface area contributed by atoms with E-state index in [0.29, 0.717) is 6.54 Å². The first kappa shape index (κ1) is 11.1. The second kappa shape index (κ2) is 4.21. The molecule has 0 radical (unpaired) electrons. The van der Waals surface area contributed by atoms with E-state index in [2.05, 4.69) is 15.1 Å². The summed E-state index contributed by atoms with van der Waals surface area (Å²) in [6.07, 6.45) is 1.72. The summed E-state index contributed by atoms with van der Waals surface area (Å²) >= 11 is 0. The van der Waals surface area contributed by atoms with Gasteiger partial charge in [0.1, 0.15) is 12.2 Å². The lowest BCUT2D eigenvalue weighted by Crippen LogP contribution is -2.44. The quantitative estimate of drug-likeness (QED) is 0.794. The van der Waals surface area contributed by atoms with Crippen molar-refractivity contribution in [1.82, 2.24) is 19.7 Å². The topological polar surface area (TPSA) is 71.2 Å². The van der Waals surface area contributed by atoms with Gasteiger partial charge in [-0.15, -0.1) is 10.2 Å². The van der Waals surface area contributed by atoms with Gasteiger partial charge in [-0.05, 0) is 6.92 Å². The van der Waals surface area contributed by atoms with Gasteiger partial charge in [0.2, 0.25) is 0 Å². The Balaban J connectivity index is 2.06. The van der Waals surface area contributed by atoms with Crippen molar-refractivity contribution in [3.8, 4) is 0 Å². The van der Waals surface area contributed by atoms with Gasteiger partial charge in [0.25, 0.3) is 0 Å². The third-order valence-electron chi connectivity index (χ3n) is 3.36. The van der Waals surface area contributed by atoms with Gasteiger partial charge in [-0.3, -0.25) is 9.69 Å². The fraction of sp³-hybridized carbons (Fsp3) is 0.700. The van der Waals surface area contributed by atoms with E-state index in [1.54, 1.807) is 13.3 Å². The van der Waals surface area contributed by atoms with Crippen LogP contribution in [-0.4, -0.2) is 43.3 Å². The minimum Gasteiger partial charge on any atom is -0.481 e. The number of rotatable bonds is 3. The summed E-state index contributed by atoms with van der Waals surface area (Å²) in [6.45, 7) is 6.05. The number of hydrogen-bond donors (Lipinski definition) is 1. The highest BCUT2D eigenvalue weighted by atomic mass is 16.4. The van der Waals surface area contributed by atoms with Crippen LogP contribution >= 0.6 is 0 Å². The van der Waals surface area contributed by atoms with E-state index in [1.807, 2.05) is 11.5 Å². The van der Waals surface area contributed by atoms with E-state index >= 15 is 0 Å². The summed E-state index contributed by atoms with van der Waals surface area (Å²) in [5, 5.41) is 16.8. The van der Waals surface area contributed by atoms with Crippen LogP contribution in [0.1, 0.15) is 19.7 Å². The maximum atomic E-state index is 10.9. The Kier molecular flexibility index (Phi) is 2.91. The van der Waals surface area contributed by atoms with Crippen molar-refractivity contribution in [2.75, 3.05) is 6.54 Å². The zero-order chi connectivity index (χ0) is 11.7. The summed E-state index contributed by atoms with van der Waals surface area (Å²) in [4.78, 5) is 13.1. The summed E-state index contributed by atoms with van der Waals surface area (Å²) in [5.74, 6) is -0.204. The number of aliphatic carboxylic acids is 1. The summed E-state index contributed by atoms with van der Waals surface area (Å²) < 4.78 is 2.01. The van der Waals surface area contributed by atoms with Crippen LogP contribution in [0.4, 0.5) is 0 Å². The van der Waals surface area contributed by atoms with Gasteiger partial charge >= 0.3 is 5.97 Å². The predicted molar refractivity (Wildman–Crippen MR) is 56.7 cm³/mol. The fourth-order valence-corrected chi connectivity index (χ4v) is 1.96. The van der Waals surface area contributed by atoms with Crippen molar-refractivity contribution >= 4 is 5.97 Å². The Morgan fingerprint density at radius 3 is 2.94 bits per heavy atom. The van der Waals surface area contributed by atoms with E-state index in [9.17, 15) is 4.79 Å². The van der Waals surface area contributed by atoms with Gasteiger partial charge in [-0.2, -0.15) is 0 Å². The van der Waals surface area contributed by atoms with Gasteiger partial charge < -0.3 is 9.67 Å². The van der Waals surface area contributed by atoms with Crippen LogP contribution in [0.5, 0.6) is 0 Å². The number of fused-ring (bicyclic) bond motifs is 1. The maximum Gasteiger partial charge on any atom is 0.307 e. The first-order valence-electron chi connectivity index (χ1n) is 5.43. The second-order valence-electron chi connectivity index (χ2n) is 4.28. The SMILES string of the molecule is CC(C(=O)O)C(C)N1CCn2cnnc2C1. The van der Waals surface area contributed by atoms with Crippen LogP contribution in [0.25, 0.3) is 0 Å². The van der Waals surface area contributed by atoms with Gasteiger partial charge in [0.05, 0.1) is 12.5 Å². The molecule has 0 aromatic carbocycles. The number of carbonyl (C=O) groups is 1. The van der Waals surface area contributed by atoms with Crippen LogP contribution < -0.4 is 0 Å². The molecule has 0 bridgehead atoms. The van der Waals surface area contributed by atoms with Crippen LogP contribution in [0.3, 0.4) is 0 Å². The third kappa shape index (κ3) is 1.92. The smallest absolute Gasteiger partial charge is 0.307 e. The molecule has 2 rings (SSSR count). The molecule has 2 atom stereocenters. The Morgan fingerprint density at radius 1 is 1.50 bits per heavy atom. The molecular formula is C10H16N4O2. The zero-order valence-electron chi connectivity index (χ0n) is 9.50. The molecule has 88 valence electrons. The van der Waals surface area contributed by atoms with E-state index < -0.39 is 5.97 Å². The largest absolute Gasteiger partial charge is 0.481 e. The molecule has 6 nitrogen and oxygen atoms in total. The normalized spacial score (nSPS) is 20.1. The highest BCUT2D eigenvalue weighted by molar-refractivity contribution is 5.70. The van der Waals surface area contributed by atoms with E-state index in [4.69, 9.17) is 5.11 Å². The molecule has 6 heteroatoms. The second-order valence-corrected chi connectivity index (χ2v) is 4.28. The van der Waals surface area contributed by atoms with E-state index in [0.717, 1.165) is 18.9 Å². The Labute approximate surface area is 93.9 Å². The van der Waals surface area contributed by atoms with Crippen molar-refractivity contribution in [2.45, 2.75) is 33.0 Å². The maximum absolute atomic E-state index is 10.9. The molecule has 0 aliphatic carbocycles. The average molecular weight is 224 g/mol. The van der Waals surface area contributed by atoms with Gasteiger partial charge in [-0.25, -0.2) is 0 Å². The summed E-state index contributed by atoms with van der Waals surface area (Å²) in [7, 11) is 0. The first-order valence-corrected chi connectivity index (χ1v) is 5.43. The van der Waals surface area contributed by atoms with Crippen molar-refractivity contribution in [1.29, 1.82) is 0 Å². The van der Waals surface area contributed by atoms with Gasteiger partial charge in [0, 0.05) is 19.1 Å². The Hall–Kier alpha value is -1.43. The monoisotopic (exact) mass is 224 g/mol. The molecule has 0 fully saturated rings. The molecule has 0 amide bonds. The standard InChI is InChI=1S/C10H16N4O2/c1-7(10(15)16)8(2)13-3-4-14-6-11-12-9(14)5-13/h6-8H,3-5H2,1-2H3,(H,15,16). The van der Waals surface area contributed by atoms with Crippen LogP contribution in [-0.2, 0) is 17.9 Å². The zero-order valence-corrected chi connectivity index (χ0v) is 9.50. The lowest BCUT2D eigenvalue weighted by Gasteiger charge is -2.34. The van der Waals surface area contributed by atoms with Crippen molar-refractivity contribution < 1.29 is 9.90 Å². The summed E-state index contributed by atoms with van der Waals surface area (Å²) in [6, 6.07) is 0.0166. The Bertz CT molecular complexity index is 390. The average Bonchev–Trinajstić information content (AvgIpc) is 2.73. The molecule has 0 saturated carbocycles. The molecule has 1 aromatic rings. The fourth-order valence-electron chi connectivity index (χ4n) is 1.96. The highest BCUT2D eigenvalue weighted by Crippen LogP contribution is 2.17. The molecular weight excluding hydrogens is 208 g/mol. The minimum absolute atomic E-state index is 0.0166. The Morgan fingerprint density at radius 2 is 2.25 bits per heavy atom. The predicted octanol–water partition coefficient (Wildman–Crippen LogP) is 0.203. The minimum atomic E-state index is -0.750.